The van der Waals surface area contributed by atoms with Gasteiger partial charge in [-0.05, 0) is 36.1 Å². The fourth-order valence-electron chi connectivity index (χ4n) is 3.36. The lowest BCUT2D eigenvalue weighted by molar-refractivity contribution is -0.126. The number of aromatic nitrogens is 2. The lowest BCUT2D eigenvalue weighted by Gasteiger charge is -2.17. The standard InChI is InChI=1S/C20H19ClN4O3S/c1-12-2-3-14(9-15(12)21)25-10-13(8-17(25)26)19(27)22-5-6-24-11-23-16-4-7-29-18(16)20(24)28/h2-4,7,9,11,13H,5-6,8,10H2,1H3,(H,22,27). The number of benzene rings is 1. The van der Waals surface area contributed by atoms with E-state index in [1.54, 1.807) is 17.0 Å². The van der Waals surface area contributed by atoms with Crippen molar-refractivity contribution in [2.24, 2.45) is 5.92 Å². The molecular weight excluding hydrogens is 412 g/mol. The van der Waals surface area contributed by atoms with E-state index in [0.717, 1.165) is 5.56 Å². The lowest BCUT2D eigenvalue weighted by atomic mass is 10.1. The Morgan fingerprint density at radius 1 is 1.34 bits per heavy atom. The van der Waals surface area contributed by atoms with Gasteiger partial charge in [0.1, 0.15) is 4.70 Å². The number of thiophene rings is 1. The number of hydrogen-bond acceptors (Lipinski definition) is 5. The highest BCUT2D eigenvalue weighted by atomic mass is 35.5. The minimum Gasteiger partial charge on any atom is -0.354 e. The molecule has 0 spiro atoms. The summed E-state index contributed by atoms with van der Waals surface area (Å²) in [7, 11) is 0. The number of hydrogen-bond donors (Lipinski definition) is 1. The SMILES string of the molecule is Cc1ccc(N2CC(C(=O)NCCn3cnc4ccsc4c3=O)CC2=O)cc1Cl. The Balaban J connectivity index is 1.36. The van der Waals surface area contributed by atoms with Crippen LogP contribution < -0.4 is 15.8 Å². The molecular formula is C20H19ClN4O3S. The summed E-state index contributed by atoms with van der Waals surface area (Å²) in [5.41, 5.74) is 2.20. The quantitative estimate of drug-likeness (QED) is 0.674. The zero-order valence-corrected chi connectivity index (χ0v) is 17.3. The van der Waals surface area contributed by atoms with Gasteiger partial charge >= 0.3 is 0 Å². The minimum absolute atomic E-state index is 0.103. The van der Waals surface area contributed by atoms with Crippen molar-refractivity contribution in [2.75, 3.05) is 18.0 Å². The maximum absolute atomic E-state index is 12.5. The van der Waals surface area contributed by atoms with Gasteiger partial charge < -0.3 is 10.2 Å². The molecule has 1 fully saturated rings. The Kier molecular flexibility index (Phi) is 5.38. The van der Waals surface area contributed by atoms with E-state index in [9.17, 15) is 14.4 Å². The molecule has 4 rings (SSSR count). The second-order valence-electron chi connectivity index (χ2n) is 7.01. The van der Waals surface area contributed by atoms with Crippen LogP contribution in [0.25, 0.3) is 10.2 Å². The molecule has 1 aliphatic rings. The predicted octanol–water partition coefficient (Wildman–Crippen LogP) is 2.59. The summed E-state index contributed by atoms with van der Waals surface area (Å²) in [6, 6.07) is 7.24. The van der Waals surface area contributed by atoms with Gasteiger partial charge in [-0.2, -0.15) is 0 Å². The predicted molar refractivity (Wildman–Crippen MR) is 114 cm³/mol. The van der Waals surface area contributed by atoms with Crippen LogP contribution in [-0.2, 0) is 16.1 Å². The van der Waals surface area contributed by atoms with Gasteiger partial charge in [0.25, 0.3) is 5.56 Å². The van der Waals surface area contributed by atoms with E-state index in [1.165, 1.54) is 22.2 Å². The third-order valence-electron chi connectivity index (χ3n) is 5.05. The number of amides is 2. The molecule has 0 radical (unpaired) electrons. The van der Waals surface area contributed by atoms with E-state index < -0.39 is 5.92 Å². The van der Waals surface area contributed by atoms with Crippen LogP contribution in [-0.4, -0.2) is 34.5 Å². The molecule has 3 heterocycles. The molecule has 150 valence electrons. The summed E-state index contributed by atoms with van der Waals surface area (Å²) in [6.45, 7) is 2.82. The molecule has 7 nitrogen and oxygen atoms in total. The molecule has 1 saturated heterocycles. The maximum Gasteiger partial charge on any atom is 0.271 e. The van der Waals surface area contributed by atoms with E-state index in [0.29, 0.717) is 40.6 Å². The van der Waals surface area contributed by atoms with Gasteiger partial charge in [-0.15, -0.1) is 11.3 Å². The molecule has 1 atom stereocenters. The fraction of sp³-hybridized carbons (Fsp3) is 0.300. The van der Waals surface area contributed by atoms with Crippen LogP contribution in [0.1, 0.15) is 12.0 Å². The summed E-state index contributed by atoms with van der Waals surface area (Å²) in [5.74, 6) is -0.733. The van der Waals surface area contributed by atoms with Crippen molar-refractivity contribution in [3.8, 4) is 0 Å². The zero-order valence-electron chi connectivity index (χ0n) is 15.7. The van der Waals surface area contributed by atoms with Crippen LogP contribution in [0, 0.1) is 12.8 Å². The van der Waals surface area contributed by atoms with Crippen molar-refractivity contribution in [2.45, 2.75) is 19.9 Å². The molecule has 2 aromatic heterocycles. The number of carbonyl (C=O) groups excluding carboxylic acids is 2. The van der Waals surface area contributed by atoms with Gasteiger partial charge in [0, 0.05) is 36.8 Å². The van der Waals surface area contributed by atoms with E-state index in [2.05, 4.69) is 10.3 Å². The number of anilines is 1. The molecule has 1 unspecified atom stereocenters. The molecule has 9 heteroatoms. The first-order chi connectivity index (χ1) is 13.9. The first-order valence-electron chi connectivity index (χ1n) is 9.21. The molecule has 29 heavy (non-hydrogen) atoms. The number of halogens is 1. The Morgan fingerprint density at radius 3 is 2.97 bits per heavy atom. The first-order valence-corrected chi connectivity index (χ1v) is 10.5. The Labute approximate surface area is 175 Å². The summed E-state index contributed by atoms with van der Waals surface area (Å²) in [6.07, 6.45) is 1.64. The van der Waals surface area contributed by atoms with Crippen LogP contribution in [0.2, 0.25) is 5.02 Å². The Bertz CT molecular complexity index is 1160. The topological polar surface area (TPSA) is 84.3 Å². The normalized spacial score (nSPS) is 16.6. The van der Waals surface area contributed by atoms with Gasteiger partial charge in [-0.3, -0.25) is 19.0 Å². The van der Waals surface area contributed by atoms with Crippen molar-refractivity contribution in [3.05, 3.63) is 56.9 Å². The highest BCUT2D eigenvalue weighted by Crippen LogP contribution is 2.28. The minimum atomic E-state index is -0.433. The second-order valence-corrected chi connectivity index (χ2v) is 8.33. The average molecular weight is 431 g/mol. The van der Waals surface area contributed by atoms with Crippen LogP contribution in [0.15, 0.2) is 40.8 Å². The first kappa shape index (κ1) is 19.6. The Hall–Kier alpha value is -2.71. The highest BCUT2D eigenvalue weighted by molar-refractivity contribution is 7.17. The Morgan fingerprint density at radius 2 is 2.17 bits per heavy atom. The maximum atomic E-state index is 12.5. The van der Waals surface area contributed by atoms with Crippen molar-refractivity contribution in [3.63, 3.8) is 0 Å². The van der Waals surface area contributed by atoms with Gasteiger partial charge in [0.2, 0.25) is 11.8 Å². The molecule has 0 aliphatic carbocycles. The summed E-state index contributed by atoms with van der Waals surface area (Å²) in [4.78, 5) is 43.1. The van der Waals surface area contributed by atoms with Gasteiger partial charge in [-0.1, -0.05) is 17.7 Å². The number of fused-ring (bicyclic) bond motifs is 1. The highest BCUT2D eigenvalue weighted by Gasteiger charge is 2.35. The molecule has 0 saturated carbocycles. The molecule has 3 aromatic rings. The molecule has 1 aliphatic heterocycles. The van der Waals surface area contributed by atoms with E-state index in [1.807, 2.05) is 24.4 Å². The number of carbonyl (C=O) groups is 2. The molecule has 1 N–H and O–H groups in total. The monoisotopic (exact) mass is 430 g/mol. The number of rotatable bonds is 5. The van der Waals surface area contributed by atoms with E-state index in [-0.39, 0.29) is 23.8 Å². The summed E-state index contributed by atoms with van der Waals surface area (Å²) >= 11 is 7.51. The summed E-state index contributed by atoms with van der Waals surface area (Å²) < 4.78 is 2.09. The van der Waals surface area contributed by atoms with Crippen LogP contribution in [0.5, 0.6) is 0 Å². The fourth-order valence-corrected chi connectivity index (χ4v) is 4.33. The number of nitrogens with one attached hydrogen (secondary N) is 1. The van der Waals surface area contributed by atoms with Gasteiger partial charge in [0.05, 0.1) is 17.8 Å². The molecule has 1 aromatic carbocycles. The van der Waals surface area contributed by atoms with Crippen LogP contribution in [0.4, 0.5) is 5.69 Å². The van der Waals surface area contributed by atoms with Gasteiger partial charge in [-0.25, -0.2) is 4.98 Å². The zero-order chi connectivity index (χ0) is 20.5. The van der Waals surface area contributed by atoms with Gasteiger partial charge in [0.15, 0.2) is 0 Å². The second kappa shape index (κ2) is 7.96. The van der Waals surface area contributed by atoms with Crippen LogP contribution in [0.3, 0.4) is 0 Å². The molecule has 0 bridgehead atoms. The smallest absolute Gasteiger partial charge is 0.271 e. The third-order valence-corrected chi connectivity index (χ3v) is 6.35. The van der Waals surface area contributed by atoms with Crippen molar-refractivity contribution >= 4 is 50.7 Å². The summed E-state index contributed by atoms with van der Waals surface area (Å²) in [5, 5.41) is 5.24. The largest absolute Gasteiger partial charge is 0.354 e. The van der Waals surface area contributed by atoms with Crippen LogP contribution >= 0.6 is 22.9 Å². The van der Waals surface area contributed by atoms with E-state index in [4.69, 9.17) is 11.6 Å². The van der Waals surface area contributed by atoms with Crippen molar-refractivity contribution in [1.29, 1.82) is 0 Å². The van der Waals surface area contributed by atoms with E-state index >= 15 is 0 Å². The van der Waals surface area contributed by atoms with Crippen molar-refractivity contribution in [1.82, 2.24) is 14.9 Å². The lowest BCUT2D eigenvalue weighted by Crippen LogP contribution is -2.36. The average Bonchev–Trinajstić information content (AvgIpc) is 3.33. The number of nitrogens with zero attached hydrogens (tertiary/aromatic N) is 3. The van der Waals surface area contributed by atoms with Crippen molar-refractivity contribution < 1.29 is 9.59 Å². The molecule has 2 amide bonds. The third kappa shape index (κ3) is 3.90. The number of aryl methyl sites for hydroxylation is 1.